The smallest absolute Gasteiger partial charge is 0.261 e. The van der Waals surface area contributed by atoms with Gasteiger partial charge in [-0.3, -0.25) is 4.79 Å². The maximum Gasteiger partial charge on any atom is 0.261 e. The number of nitrogens with one attached hydrogen (secondary N) is 1. The SMILES string of the molecule is Cc1ccc(C(C)NC(=O)COn2nnc3ccc(S(=O)(=O)N4CCCC(C)C4)cc32)cc1C. The molecule has 9 nitrogen and oxygen atoms in total. The Balaban J connectivity index is 1.45. The molecule has 1 N–H and O–H groups in total. The van der Waals surface area contributed by atoms with Gasteiger partial charge in [-0.2, -0.15) is 4.31 Å². The summed E-state index contributed by atoms with van der Waals surface area (Å²) in [5.41, 5.74) is 4.23. The highest BCUT2D eigenvalue weighted by molar-refractivity contribution is 7.89. The van der Waals surface area contributed by atoms with E-state index in [9.17, 15) is 13.2 Å². The van der Waals surface area contributed by atoms with Crippen LogP contribution in [0.5, 0.6) is 0 Å². The molecule has 34 heavy (non-hydrogen) atoms. The first-order valence-electron chi connectivity index (χ1n) is 11.5. The molecule has 2 heterocycles. The number of sulfonamides is 1. The number of amides is 1. The molecule has 0 aliphatic carbocycles. The molecule has 2 aromatic carbocycles. The van der Waals surface area contributed by atoms with Crippen LogP contribution in [0.15, 0.2) is 41.3 Å². The Labute approximate surface area is 200 Å². The molecule has 182 valence electrons. The van der Waals surface area contributed by atoms with Gasteiger partial charge >= 0.3 is 0 Å². The summed E-state index contributed by atoms with van der Waals surface area (Å²) in [4.78, 5) is 19.3. The Hall–Kier alpha value is -2.98. The fraction of sp³-hybridized carbons (Fsp3) is 0.458. The van der Waals surface area contributed by atoms with E-state index in [-0.39, 0.29) is 23.5 Å². The van der Waals surface area contributed by atoms with Gasteiger partial charge in [0.2, 0.25) is 10.0 Å². The average Bonchev–Trinajstić information content (AvgIpc) is 3.21. The highest BCUT2D eigenvalue weighted by Gasteiger charge is 2.29. The van der Waals surface area contributed by atoms with E-state index < -0.39 is 10.0 Å². The zero-order valence-electron chi connectivity index (χ0n) is 20.0. The number of aromatic nitrogens is 3. The van der Waals surface area contributed by atoms with Gasteiger partial charge in [-0.1, -0.05) is 30.0 Å². The van der Waals surface area contributed by atoms with Crippen molar-refractivity contribution in [1.82, 2.24) is 24.8 Å². The summed E-state index contributed by atoms with van der Waals surface area (Å²) in [6.45, 7) is 8.78. The molecular weight excluding hydrogens is 454 g/mol. The lowest BCUT2D eigenvalue weighted by atomic mass is 10.0. The second kappa shape index (κ2) is 9.71. The summed E-state index contributed by atoms with van der Waals surface area (Å²) in [6.07, 6.45) is 1.88. The molecule has 1 amide bonds. The van der Waals surface area contributed by atoms with E-state index in [0.717, 1.165) is 28.8 Å². The number of hydrogen-bond acceptors (Lipinski definition) is 6. The van der Waals surface area contributed by atoms with Gasteiger partial charge in [-0.15, -0.1) is 5.10 Å². The van der Waals surface area contributed by atoms with Crippen molar-refractivity contribution < 1.29 is 18.0 Å². The summed E-state index contributed by atoms with van der Waals surface area (Å²) >= 11 is 0. The summed E-state index contributed by atoms with van der Waals surface area (Å²) in [5.74, 6) is 0.00738. The maximum absolute atomic E-state index is 13.1. The van der Waals surface area contributed by atoms with Gasteiger partial charge in [-0.25, -0.2) is 8.42 Å². The molecule has 1 fully saturated rings. The van der Waals surface area contributed by atoms with E-state index in [1.807, 2.05) is 32.9 Å². The Bertz CT molecular complexity index is 1300. The Morgan fingerprint density at radius 1 is 1.21 bits per heavy atom. The molecule has 3 aromatic rings. The number of fused-ring (bicyclic) bond motifs is 1. The first-order valence-corrected chi connectivity index (χ1v) is 12.9. The summed E-state index contributed by atoms with van der Waals surface area (Å²) in [7, 11) is -3.64. The quantitative estimate of drug-likeness (QED) is 0.552. The zero-order chi connectivity index (χ0) is 24.5. The number of hydrogen-bond donors (Lipinski definition) is 1. The van der Waals surface area contributed by atoms with E-state index >= 15 is 0 Å². The monoisotopic (exact) mass is 485 g/mol. The second-order valence-corrected chi connectivity index (χ2v) is 11.1. The third kappa shape index (κ3) is 5.07. The Morgan fingerprint density at radius 3 is 2.74 bits per heavy atom. The molecule has 2 unspecified atom stereocenters. The van der Waals surface area contributed by atoms with Crippen LogP contribution < -0.4 is 10.2 Å². The Kier molecular flexibility index (Phi) is 6.90. The van der Waals surface area contributed by atoms with Gasteiger partial charge in [0.1, 0.15) is 11.0 Å². The van der Waals surface area contributed by atoms with Crippen LogP contribution in [0.25, 0.3) is 11.0 Å². The number of nitrogens with zero attached hydrogens (tertiary/aromatic N) is 4. The molecule has 4 rings (SSSR count). The minimum atomic E-state index is -3.64. The third-order valence-corrected chi connectivity index (χ3v) is 8.23. The number of carbonyl (C=O) groups is 1. The largest absolute Gasteiger partial charge is 0.385 e. The summed E-state index contributed by atoms with van der Waals surface area (Å²) < 4.78 is 27.8. The highest BCUT2D eigenvalue weighted by Crippen LogP contribution is 2.25. The van der Waals surface area contributed by atoms with E-state index in [1.165, 1.54) is 22.0 Å². The average molecular weight is 486 g/mol. The number of carbonyl (C=O) groups excluding carboxylic acids is 1. The van der Waals surface area contributed by atoms with Crippen LogP contribution in [-0.2, 0) is 14.8 Å². The molecule has 0 saturated carbocycles. The molecule has 1 aliphatic heterocycles. The van der Waals surface area contributed by atoms with Crippen molar-refractivity contribution in [2.45, 2.75) is 51.5 Å². The van der Waals surface area contributed by atoms with Crippen LogP contribution in [0.2, 0.25) is 0 Å². The molecule has 2 atom stereocenters. The van der Waals surface area contributed by atoms with Gasteiger partial charge in [0.05, 0.1) is 10.9 Å². The molecule has 10 heteroatoms. The second-order valence-electron chi connectivity index (χ2n) is 9.13. The van der Waals surface area contributed by atoms with Gasteiger partial charge in [0.25, 0.3) is 5.91 Å². The molecule has 1 saturated heterocycles. The molecule has 0 bridgehead atoms. The molecule has 1 aliphatic rings. The first-order chi connectivity index (χ1) is 16.1. The van der Waals surface area contributed by atoms with Crippen LogP contribution in [0.4, 0.5) is 0 Å². The van der Waals surface area contributed by atoms with Crippen molar-refractivity contribution in [3.63, 3.8) is 0 Å². The van der Waals surface area contributed by atoms with Crippen molar-refractivity contribution in [2.75, 3.05) is 19.7 Å². The van der Waals surface area contributed by atoms with E-state index in [4.69, 9.17) is 4.84 Å². The van der Waals surface area contributed by atoms with Crippen molar-refractivity contribution in [2.24, 2.45) is 5.92 Å². The molecule has 1 aromatic heterocycles. The molecule has 0 radical (unpaired) electrons. The lowest BCUT2D eigenvalue weighted by Gasteiger charge is -2.30. The lowest BCUT2D eigenvalue weighted by molar-refractivity contribution is -0.127. The van der Waals surface area contributed by atoms with Crippen molar-refractivity contribution in [3.8, 4) is 0 Å². The van der Waals surface area contributed by atoms with Gasteiger partial charge < -0.3 is 10.2 Å². The van der Waals surface area contributed by atoms with Crippen molar-refractivity contribution >= 4 is 27.0 Å². The normalized spacial score (nSPS) is 18.1. The predicted molar refractivity (Wildman–Crippen MR) is 129 cm³/mol. The topological polar surface area (TPSA) is 106 Å². The van der Waals surface area contributed by atoms with E-state index in [0.29, 0.717) is 30.0 Å². The van der Waals surface area contributed by atoms with Crippen LogP contribution in [0, 0.1) is 19.8 Å². The summed E-state index contributed by atoms with van der Waals surface area (Å²) in [5, 5.41) is 10.9. The van der Waals surface area contributed by atoms with Crippen molar-refractivity contribution in [3.05, 3.63) is 53.1 Å². The highest BCUT2D eigenvalue weighted by atomic mass is 32.2. The molecular formula is C24H31N5O4S. The predicted octanol–water partition coefficient (Wildman–Crippen LogP) is 2.77. The van der Waals surface area contributed by atoms with Crippen molar-refractivity contribution in [1.29, 1.82) is 0 Å². The standard InChI is InChI=1S/C24H31N5O4S/c1-16-6-5-11-28(14-16)34(31,32)21-9-10-22-23(13-21)29(27-26-22)33-15-24(30)25-19(4)20-8-7-17(2)18(3)12-20/h7-10,12-13,16,19H,5-6,11,14-15H2,1-4H3,(H,25,30). The Morgan fingerprint density at radius 2 is 2.00 bits per heavy atom. The number of rotatable bonds is 7. The minimum absolute atomic E-state index is 0.161. The maximum atomic E-state index is 13.1. The summed E-state index contributed by atoms with van der Waals surface area (Å²) in [6, 6.07) is 10.5. The van der Waals surface area contributed by atoms with Crippen LogP contribution in [-0.4, -0.2) is 53.5 Å². The van der Waals surface area contributed by atoms with Gasteiger partial charge in [0, 0.05) is 13.1 Å². The lowest BCUT2D eigenvalue weighted by Crippen LogP contribution is -2.39. The first kappa shape index (κ1) is 24.2. The minimum Gasteiger partial charge on any atom is -0.385 e. The van der Waals surface area contributed by atoms with Crippen LogP contribution in [0.3, 0.4) is 0 Å². The number of aryl methyl sites for hydroxylation is 2. The van der Waals surface area contributed by atoms with Crippen LogP contribution in [0.1, 0.15) is 49.4 Å². The van der Waals surface area contributed by atoms with Gasteiger partial charge in [0.15, 0.2) is 6.61 Å². The number of piperidine rings is 1. The van der Waals surface area contributed by atoms with E-state index in [2.05, 4.69) is 28.6 Å². The third-order valence-electron chi connectivity index (χ3n) is 6.37. The van der Waals surface area contributed by atoms with Crippen LogP contribution >= 0.6 is 0 Å². The van der Waals surface area contributed by atoms with Gasteiger partial charge in [-0.05, 0) is 79.6 Å². The zero-order valence-corrected chi connectivity index (χ0v) is 20.8. The van der Waals surface area contributed by atoms with E-state index in [1.54, 1.807) is 6.07 Å². The number of benzene rings is 2. The fourth-order valence-electron chi connectivity index (χ4n) is 4.17. The fourth-order valence-corrected chi connectivity index (χ4v) is 5.79. The molecule has 0 spiro atoms.